The third-order valence-corrected chi connectivity index (χ3v) is 1.25. The Kier molecular flexibility index (Phi) is 1.51. The largest absolute Gasteiger partial charge is 0.388 e. The first-order valence-corrected chi connectivity index (χ1v) is 2.99. The van der Waals surface area contributed by atoms with Gasteiger partial charge in [0.25, 0.3) is 0 Å². The first-order chi connectivity index (χ1) is 5.20. The van der Waals surface area contributed by atoms with Crippen molar-refractivity contribution in [3.8, 4) is 0 Å². The topological polar surface area (TPSA) is 70.9 Å². The Labute approximate surface area is 58.8 Å². The van der Waals surface area contributed by atoms with Crippen molar-refractivity contribution in [1.82, 2.24) is 14.8 Å². The van der Waals surface area contributed by atoms with E-state index in [9.17, 15) is 4.79 Å². The normalized spacial score (nSPS) is 11.6. The smallest absolute Gasteiger partial charge is 0.343 e. The van der Waals surface area contributed by atoms with Crippen LogP contribution in [0.1, 0.15) is 12.7 Å². The Morgan fingerprint density at radius 2 is 2.70 bits per heavy atom. The van der Waals surface area contributed by atoms with E-state index in [2.05, 4.69) is 5.10 Å². The van der Waals surface area contributed by atoms with E-state index in [1.165, 1.54) is 4.57 Å². The molecule has 1 heterocycles. The van der Waals surface area contributed by atoms with E-state index in [-0.39, 0.29) is 12.4 Å². The molecule has 5 nitrogen and oxygen atoms in total. The third-order valence-electron chi connectivity index (χ3n) is 1.25. The lowest BCUT2D eigenvalue weighted by molar-refractivity contribution is 0.264. The maximum Gasteiger partial charge on any atom is 0.343 e. The minimum atomic E-state index is -0.517. The molecule has 0 aliphatic carbocycles. The summed E-state index contributed by atoms with van der Waals surface area (Å²) < 4.78 is 8.19. The van der Waals surface area contributed by atoms with Gasteiger partial charge in [-0.1, -0.05) is 0 Å². The number of hydrogen-bond donors (Lipinski definition) is 2. The van der Waals surface area contributed by atoms with Crippen LogP contribution in [-0.2, 0) is 13.2 Å². The van der Waals surface area contributed by atoms with E-state index < -0.39 is 5.69 Å². The SMILES string of the molecule is [2H]n1nc(CO)n(CC)c1=O. The summed E-state index contributed by atoms with van der Waals surface area (Å²) in [5.41, 5.74) is -0.517. The van der Waals surface area contributed by atoms with Crippen LogP contribution in [0.15, 0.2) is 4.79 Å². The van der Waals surface area contributed by atoms with E-state index in [0.29, 0.717) is 11.6 Å². The molecule has 1 aromatic rings. The Morgan fingerprint density at radius 3 is 3.10 bits per heavy atom. The van der Waals surface area contributed by atoms with Gasteiger partial charge in [0.05, 0.1) is 0 Å². The van der Waals surface area contributed by atoms with Crippen LogP contribution in [0.4, 0.5) is 0 Å². The van der Waals surface area contributed by atoms with Crippen molar-refractivity contribution in [2.45, 2.75) is 20.1 Å². The van der Waals surface area contributed by atoms with Crippen molar-refractivity contribution in [3.63, 3.8) is 0 Å². The van der Waals surface area contributed by atoms with Crippen molar-refractivity contribution in [2.24, 2.45) is 0 Å². The van der Waals surface area contributed by atoms with Crippen molar-refractivity contribution < 1.29 is 6.52 Å². The molecule has 0 bridgehead atoms. The van der Waals surface area contributed by atoms with Gasteiger partial charge in [0, 0.05) is 6.54 Å². The fraction of sp³-hybridized carbons (Fsp3) is 0.600. The molecular weight excluding hydrogens is 134 g/mol. The lowest BCUT2D eigenvalue weighted by atomic mass is 10.6. The second-order valence-corrected chi connectivity index (χ2v) is 1.80. The number of aliphatic hydroxyl groups excluding tert-OH is 1. The number of hydrogen-bond acceptors (Lipinski definition) is 3. The predicted octanol–water partition coefficient (Wildman–Crippen LogP) is -0.916. The van der Waals surface area contributed by atoms with E-state index >= 15 is 0 Å². The van der Waals surface area contributed by atoms with Gasteiger partial charge in [-0.25, -0.2) is 9.89 Å². The standard InChI is InChI=1S/C5H9N3O2/c1-2-8-4(3-9)6-7-5(8)10/h9H,2-3H2,1H3,(H,7,10)/i/hD. The molecule has 1 aromatic heterocycles. The zero-order valence-corrected chi connectivity index (χ0v) is 5.61. The van der Waals surface area contributed by atoms with E-state index in [1.807, 2.05) is 0 Å². The van der Waals surface area contributed by atoms with Gasteiger partial charge in [-0.2, -0.15) is 5.10 Å². The molecule has 0 amide bonds. The highest BCUT2D eigenvalue weighted by molar-refractivity contribution is 4.82. The minimum Gasteiger partial charge on any atom is -0.388 e. The monoisotopic (exact) mass is 144 g/mol. The average Bonchev–Trinajstić information content (AvgIpc) is 2.28. The van der Waals surface area contributed by atoms with Gasteiger partial charge >= 0.3 is 5.69 Å². The second kappa shape index (κ2) is 2.66. The van der Waals surface area contributed by atoms with Crippen molar-refractivity contribution in [2.75, 3.05) is 0 Å². The fourth-order valence-electron chi connectivity index (χ4n) is 0.754. The molecule has 0 saturated carbocycles. The number of nitrogens with one attached hydrogen (secondary N) is 1. The molecule has 56 valence electrons. The third kappa shape index (κ3) is 0.950. The summed E-state index contributed by atoms with van der Waals surface area (Å²) in [6.45, 7) is 1.87. The van der Waals surface area contributed by atoms with Crippen LogP contribution in [0.5, 0.6) is 0 Å². The summed E-state index contributed by atoms with van der Waals surface area (Å²) in [6.07, 6.45) is 0. The Hall–Kier alpha value is -1.10. The highest BCUT2D eigenvalue weighted by Gasteiger charge is 2.02. The lowest BCUT2D eigenvalue weighted by Crippen LogP contribution is -2.17. The number of rotatable bonds is 2. The van der Waals surface area contributed by atoms with E-state index in [1.54, 1.807) is 6.92 Å². The molecule has 2 N–H and O–H groups in total. The van der Waals surface area contributed by atoms with Crippen LogP contribution in [0.3, 0.4) is 0 Å². The van der Waals surface area contributed by atoms with Crippen LogP contribution < -0.4 is 5.69 Å². The van der Waals surface area contributed by atoms with E-state index in [4.69, 9.17) is 6.52 Å². The Balaban J connectivity index is 3.27. The van der Waals surface area contributed by atoms with Gasteiger partial charge in [-0.05, 0) is 6.92 Å². The van der Waals surface area contributed by atoms with Crippen LogP contribution in [0, 0.1) is 0 Å². The number of aromatic nitrogens is 3. The molecule has 0 atom stereocenters. The number of aliphatic hydroxyl groups is 1. The van der Waals surface area contributed by atoms with Crippen LogP contribution >= 0.6 is 0 Å². The molecule has 10 heavy (non-hydrogen) atoms. The van der Waals surface area contributed by atoms with Crippen LogP contribution in [0.25, 0.3) is 0 Å². The predicted molar refractivity (Wildman–Crippen MR) is 34.4 cm³/mol. The van der Waals surface area contributed by atoms with E-state index in [0.717, 1.165) is 0 Å². The first kappa shape index (κ1) is 5.67. The van der Waals surface area contributed by atoms with Crippen molar-refractivity contribution >= 4 is 0 Å². The maximum absolute atomic E-state index is 10.9. The van der Waals surface area contributed by atoms with Gasteiger partial charge < -0.3 is 5.11 Å². The molecule has 0 unspecified atom stereocenters. The lowest BCUT2D eigenvalue weighted by Gasteiger charge is -1.95. The first-order valence-electron chi connectivity index (χ1n) is 3.44. The van der Waals surface area contributed by atoms with Crippen LogP contribution in [0.2, 0.25) is 1.41 Å². The molecule has 5 heteroatoms. The molecule has 1 rings (SSSR count). The van der Waals surface area contributed by atoms with Gasteiger partial charge in [0.2, 0.25) is 0 Å². The summed E-state index contributed by atoms with van der Waals surface area (Å²) in [7, 11) is 0. The quantitative estimate of drug-likeness (QED) is 0.564. The van der Waals surface area contributed by atoms with Crippen LogP contribution in [-0.4, -0.2) is 19.9 Å². The minimum absolute atomic E-state index is 0.229. The average molecular weight is 144 g/mol. The zero-order chi connectivity index (χ0) is 8.43. The summed E-state index contributed by atoms with van der Waals surface area (Å²) in [6, 6.07) is 0. The second-order valence-electron chi connectivity index (χ2n) is 1.80. The number of H-pyrrole nitrogens is 1. The van der Waals surface area contributed by atoms with Gasteiger partial charge in [0.15, 0.2) is 7.24 Å². The number of nitrogens with zero attached hydrogens (tertiary/aromatic N) is 2. The molecule has 0 saturated heterocycles. The van der Waals surface area contributed by atoms with Crippen molar-refractivity contribution in [1.29, 1.82) is 0 Å². The highest BCUT2D eigenvalue weighted by Crippen LogP contribution is 1.87. The summed E-state index contributed by atoms with van der Waals surface area (Å²) in [5.74, 6) is 0.229. The zero-order valence-electron chi connectivity index (χ0n) is 6.61. The maximum atomic E-state index is 10.9. The van der Waals surface area contributed by atoms with Crippen molar-refractivity contribution in [3.05, 3.63) is 16.3 Å². The van der Waals surface area contributed by atoms with Gasteiger partial charge in [-0.3, -0.25) is 4.57 Å². The molecule has 0 radical (unpaired) electrons. The van der Waals surface area contributed by atoms with Gasteiger partial charge in [-0.15, -0.1) is 0 Å². The molecule has 0 aromatic carbocycles. The molecule has 0 fully saturated rings. The van der Waals surface area contributed by atoms with Gasteiger partial charge in [0.1, 0.15) is 6.61 Å². The fourth-order valence-corrected chi connectivity index (χ4v) is 0.754. The highest BCUT2D eigenvalue weighted by atomic mass is 16.3. The summed E-state index contributed by atoms with van der Waals surface area (Å²) >= 11 is 0. The Bertz CT molecular complexity index is 303. The number of aromatic amines is 1. The molecule has 0 spiro atoms. The molecule has 0 aliphatic rings. The molecule has 0 aliphatic heterocycles. The summed E-state index contributed by atoms with van der Waals surface area (Å²) in [5, 5.41) is 12.6. The molecular formula is C5H9N3O2. The Morgan fingerprint density at radius 1 is 2.00 bits per heavy atom. The summed E-state index contributed by atoms with van der Waals surface area (Å²) in [4.78, 5) is 10.9.